The zero-order chi connectivity index (χ0) is 14.7. The predicted octanol–water partition coefficient (Wildman–Crippen LogP) is 2.30. The van der Waals surface area contributed by atoms with E-state index < -0.39 is 0 Å². The summed E-state index contributed by atoms with van der Waals surface area (Å²) in [5.74, 6) is -0.153. The molecular formula is C15H11N3O3. The van der Waals surface area contributed by atoms with E-state index in [4.69, 9.17) is 4.42 Å². The van der Waals surface area contributed by atoms with Gasteiger partial charge in [-0.1, -0.05) is 18.2 Å². The summed E-state index contributed by atoms with van der Waals surface area (Å²) in [7, 11) is 0. The van der Waals surface area contributed by atoms with Crippen molar-refractivity contribution in [3.8, 4) is 5.95 Å². The van der Waals surface area contributed by atoms with Crippen molar-refractivity contribution in [2.45, 2.75) is 0 Å². The Hall–Kier alpha value is -3.15. The number of fused-ring (bicyclic) bond motifs is 1. The summed E-state index contributed by atoms with van der Waals surface area (Å²) in [5.41, 5.74) is 2.84. The fourth-order valence-electron chi connectivity index (χ4n) is 1.91. The number of rotatable bonds is 3. The second kappa shape index (κ2) is 5.46. The molecule has 0 radical (unpaired) electrons. The molecule has 0 unspecified atom stereocenters. The van der Waals surface area contributed by atoms with Crippen molar-refractivity contribution in [3.05, 3.63) is 60.1 Å². The highest BCUT2D eigenvalue weighted by atomic mass is 16.5. The average Bonchev–Trinajstić information content (AvgIpc) is 2.85. The third-order valence-corrected chi connectivity index (χ3v) is 2.92. The van der Waals surface area contributed by atoms with Gasteiger partial charge in [0.05, 0.1) is 11.6 Å². The standard InChI is InChI=1S/C15H11N3O3/c19-14(10-5-7-16-8-6-10)18-17-9-13-11-3-1-2-4-12(11)15(20)21-13/h1-9,20H,(H,18,19). The third-order valence-electron chi connectivity index (χ3n) is 2.92. The van der Waals surface area contributed by atoms with Crippen molar-refractivity contribution in [2.75, 3.05) is 0 Å². The number of aromatic hydroxyl groups is 1. The van der Waals surface area contributed by atoms with E-state index in [0.717, 1.165) is 5.39 Å². The normalized spacial score (nSPS) is 11.0. The molecule has 6 heteroatoms. The first-order valence-corrected chi connectivity index (χ1v) is 6.19. The second-order valence-electron chi connectivity index (χ2n) is 4.25. The van der Waals surface area contributed by atoms with Gasteiger partial charge in [-0.25, -0.2) is 5.43 Å². The topological polar surface area (TPSA) is 87.7 Å². The molecule has 2 N–H and O–H groups in total. The maximum Gasteiger partial charge on any atom is 0.290 e. The number of hydrogen-bond acceptors (Lipinski definition) is 5. The van der Waals surface area contributed by atoms with Gasteiger partial charge in [0.15, 0.2) is 5.76 Å². The smallest absolute Gasteiger partial charge is 0.290 e. The van der Waals surface area contributed by atoms with Gasteiger partial charge in [0.1, 0.15) is 0 Å². The molecule has 0 saturated heterocycles. The molecule has 0 atom stereocenters. The van der Waals surface area contributed by atoms with Crippen LogP contribution in [0.4, 0.5) is 0 Å². The Morgan fingerprint density at radius 2 is 1.90 bits per heavy atom. The lowest BCUT2D eigenvalue weighted by molar-refractivity contribution is 0.0955. The summed E-state index contributed by atoms with van der Waals surface area (Å²) in [6.07, 6.45) is 4.40. The monoisotopic (exact) mass is 281 g/mol. The van der Waals surface area contributed by atoms with E-state index in [1.54, 1.807) is 30.3 Å². The number of carbonyl (C=O) groups excluding carboxylic acids is 1. The van der Waals surface area contributed by atoms with Gasteiger partial charge in [0.25, 0.3) is 11.9 Å². The molecule has 3 rings (SSSR count). The van der Waals surface area contributed by atoms with E-state index in [2.05, 4.69) is 15.5 Å². The van der Waals surface area contributed by atoms with Gasteiger partial charge < -0.3 is 9.52 Å². The van der Waals surface area contributed by atoms with Crippen LogP contribution in [0.2, 0.25) is 0 Å². The molecule has 104 valence electrons. The van der Waals surface area contributed by atoms with Crippen LogP contribution in [0.1, 0.15) is 16.1 Å². The number of pyridine rings is 1. The number of carbonyl (C=O) groups is 1. The minimum absolute atomic E-state index is 0.174. The molecule has 21 heavy (non-hydrogen) atoms. The zero-order valence-corrected chi connectivity index (χ0v) is 10.9. The quantitative estimate of drug-likeness (QED) is 0.569. The van der Waals surface area contributed by atoms with Gasteiger partial charge in [-0.2, -0.15) is 5.10 Å². The van der Waals surface area contributed by atoms with Gasteiger partial charge >= 0.3 is 0 Å². The van der Waals surface area contributed by atoms with Crippen molar-refractivity contribution >= 4 is 22.9 Å². The molecular weight excluding hydrogens is 270 g/mol. The first kappa shape index (κ1) is 12.9. The molecule has 3 aromatic rings. The van der Waals surface area contributed by atoms with E-state index in [-0.39, 0.29) is 11.9 Å². The lowest BCUT2D eigenvalue weighted by Gasteiger charge is -1.97. The van der Waals surface area contributed by atoms with E-state index in [1.807, 2.05) is 6.07 Å². The molecule has 0 aliphatic carbocycles. The highest BCUT2D eigenvalue weighted by Crippen LogP contribution is 2.29. The van der Waals surface area contributed by atoms with E-state index in [0.29, 0.717) is 16.7 Å². The fourth-order valence-corrected chi connectivity index (χ4v) is 1.91. The molecule has 0 aliphatic rings. The number of nitrogens with zero attached hydrogens (tertiary/aromatic N) is 2. The molecule has 0 spiro atoms. The fraction of sp³-hybridized carbons (Fsp3) is 0. The van der Waals surface area contributed by atoms with Gasteiger partial charge in [0.2, 0.25) is 0 Å². The summed E-state index contributed by atoms with van der Waals surface area (Å²) in [6.45, 7) is 0. The van der Waals surface area contributed by atoms with Crippen LogP contribution < -0.4 is 5.43 Å². The lowest BCUT2D eigenvalue weighted by Crippen LogP contribution is -2.17. The van der Waals surface area contributed by atoms with Crippen LogP contribution in [0, 0.1) is 0 Å². The number of hydrazone groups is 1. The van der Waals surface area contributed by atoms with E-state index in [1.165, 1.54) is 18.6 Å². The number of amides is 1. The Balaban J connectivity index is 1.78. The van der Waals surface area contributed by atoms with Crippen LogP contribution in [-0.2, 0) is 0 Å². The highest BCUT2D eigenvalue weighted by Gasteiger charge is 2.10. The summed E-state index contributed by atoms with van der Waals surface area (Å²) in [5, 5.41) is 14.8. The maximum absolute atomic E-state index is 11.8. The Bertz CT molecular complexity index is 809. The molecule has 0 aliphatic heterocycles. The summed E-state index contributed by atoms with van der Waals surface area (Å²) < 4.78 is 5.20. The van der Waals surface area contributed by atoms with Crippen LogP contribution in [0.3, 0.4) is 0 Å². The number of aromatic nitrogens is 1. The van der Waals surface area contributed by atoms with Crippen LogP contribution in [0.15, 0.2) is 58.3 Å². The average molecular weight is 281 g/mol. The Kier molecular flexibility index (Phi) is 3.34. The van der Waals surface area contributed by atoms with E-state index >= 15 is 0 Å². The maximum atomic E-state index is 11.8. The lowest BCUT2D eigenvalue weighted by atomic mass is 10.2. The molecule has 2 heterocycles. The zero-order valence-electron chi connectivity index (χ0n) is 10.9. The number of hydrogen-bond donors (Lipinski definition) is 2. The number of furan rings is 1. The van der Waals surface area contributed by atoms with Gasteiger partial charge in [-0.15, -0.1) is 0 Å². The first-order chi connectivity index (χ1) is 10.3. The van der Waals surface area contributed by atoms with Crippen molar-refractivity contribution < 1.29 is 14.3 Å². The minimum Gasteiger partial charge on any atom is -0.480 e. The summed E-state index contributed by atoms with van der Waals surface area (Å²) in [6, 6.07) is 10.3. The first-order valence-electron chi connectivity index (χ1n) is 6.19. The van der Waals surface area contributed by atoms with Crippen molar-refractivity contribution in [2.24, 2.45) is 5.10 Å². The van der Waals surface area contributed by atoms with Crippen LogP contribution in [0.5, 0.6) is 5.95 Å². The van der Waals surface area contributed by atoms with Crippen molar-refractivity contribution in [1.82, 2.24) is 10.4 Å². The Labute approximate surface area is 119 Å². The SMILES string of the molecule is O=C(NN=Cc1oc(O)c2ccccc12)c1ccncc1. The van der Waals surface area contributed by atoms with Crippen molar-refractivity contribution in [3.63, 3.8) is 0 Å². The third kappa shape index (κ3) is 2.59. The van der Waals surface area contributed by atoms with Crippen LogP contribution in [-0.4, -0.2) is 22.2 Å². The summed E-state index contributed by atoms with van der Waals surface area (Å²) in [4.78, 5) is 15.6. The minimum atomic E-state index is -0.353. The van der Waals surface area contributed by atoms with Gasteiger partial charge in [-0.05, 0) is 18.2 Å². The van der Waals surface area contributed by atoms with Gasteiger partial charge in [0, 0.05) is 23.3 Å². The van der Waals surface area contributed by atoms with Crippen molar-refractivity contribution in [1.29, 1.82) is 0 Å². The second-order valence-corrected chi connectivity index (χ2v) is 4.25. The number of nitrogens with one attached hydrogen (secondary N) is 1. The molecule has 0 bridgehead atoms. The van der Waals surface area contributed by atoms with Crippen LogP contribution >= 0.6 is 0 Å². The molecule has 0 saturated carbocycles. The Morgan fingerprint density at radius 1 is 1.19 bits per heavy atom. The molecule has 1 amide bonds. The van der Waals surface area contributed by atoms with E-state index in [9.17, 15) is 9.90 Å². The van der Waals surface area contributed by atoms with Crippen LogP contribution in [0.25, 0.3) is 10.8 Å². The molecule has 6 nitrogen and oxygen atoms in total. The molecule has 2 aromatic heterocycles. The Morgan fingerprint density at radius 3 is 2.67 bits per heavy atom. The highest BCUT2D eigenvalue weighted by molar-refractivity contribution is 6.00. The van der Waals surface area contributed by atoms with Gasteiger partial charge in [-0.3, -0.25) is 9.78 Å². The number of benzene rings is 1. The summed E-state index contributed by atoms with van der Waals surface area (Å²) >= 11 is 0. The predicted molar refractivity (Wildman–Crippen MR) is 77.2 cm³/mol. The molecule has 0 fully saturated rings. The largest absolute Gasteiger partial charge is 0.480 e. The molecule has 1 aromatic carbocycles.